The van der Waals surface area contributed by atoms with Gasteiger partial charge in [0.2, 0.25) is 11.9 Å². The molecule has 3 N–H and O–H groups in total. The molecule has 2 aromatic rings. The number of hydrogen-bond acceptors (Lipinski definition) is 9. The van der Waals surface area contributed by atoms with Crippen LogP contribution in [0.4, 0.5) is 24.8 Å². The average Bonchev–Trinajstić information content (AvgIpc) is 2.83. The Labute approximate surface area is 199 Å². The lowest BCUT2D eigenvalue weighted by atomic mass is 10.1. The lowest BCUT2D eigenvalue weighted by Gasteiger charge is -2.34. The van der Waals surface area contributed by atoms with E-state index in [2.05, 4.69) is 25.5 Å². The predicted octanol–water partition coefficient (Wildman–Crippen LogP) is 0.804. The van der Waals surface area contributed by atoms with Gasteiger partial charge >= 0.3 is 6.18 Å². The molecule has 1 fully saturated rings. The number of nitrogens with one attached hydrogen (secondary N) is 2. The maximum absolute atomic E-state index is 12.7. The van der Waals surface area contributed by atoms with E-state index in [1.54, 1.807) is 23.6 Å². The number of alkyl halides is 3. The van der Waals surface area contributed by atoms with Crippen LogP contribution < -0.4 is 15.8 Å². The molecule has 0 aromatic carbocycles. The number of piperazine rings is 1. The third-order valence-electron chi connectivity index (χ3n) is 5.67. The summed E-state index contributed by atoms with van der Waals surface area (Å²) in [6.07, 6.45) is -2.20. The van der Waals surface area contributed by atoms with Gasteiger partial charge in [0, 0.05) is 44.1 Å². The maximum atomic E-state index is 12.7. The number of hydrogen-bond donors (Lipinski definition) is 3. The molecule has 1 aliphatic rings. The monoisotopic (exact) mass is 499 g/mol. The number of carbonyl (C=O) groups is 1. The number of amides is 1. The van der Waals surface area contributed by atoms with Gasteiger partial charge in [0.05, 0.1) is 49.2 Å². The lowest BCUT2D eigenvalue weighted by molar-refractivity contribution is -0.138. The van der Waals surface area contributed by atoms with E-state index in [9.17, 15) is 27.9 Å². The largest absolute Gasteiger partial charge is 0.419 e. The molecule has 0 bridgehead atoms. The number of halogens is 3. The Morgan fingerprint density at radius 2 is 1.89 bits per heavy atom. The molecule has 1 saturated heterocycles. The fourth-order valence-electron chi connectivity index (χ4n) is 3.42. The number of carbonyl (C=O) groups excluding carboxylic acids is 1. The Morgan fingerprint density at radius 3 is 2.49 bits per heavy atom. The van der Waals surface area contributed by atoms with E-state index in [1.165, 1.54) is 6.20 Å². The number of aliphatic hydroxyl groups excluding tert-OH is 1. The van der Waals surface area contributed by atoms with E-state index in [0.29, 0.717) is 37.4 Å². The number of rotatable bonds is 9. The number of anilines is 2. The zero-order chi connectivity index (χ0) is 25.6. The van der Waals surface area contributed by atoms with Crippen LogP contribution in [0.5, 0.6) is 0 Å². The van der Waals surface area contributed by atoms with Crippen molar-refractivity contribution in [1.82, 2.24) is 25.1 Å². The molecule has 0 spiro atoms. The first-order valence-corrected chi connectivity index (χ1v) is 11.0. The van der Waals surface area contributed by atoms with Crippen molar-refractivity contribution in [2.45, 2.75) is 38.6 Å². The highest BCUT2D eigenvalue weighted by atomic mass is 19.4. The summed E-state index contributed by atoms with van der Waals surface area (Å²) in [5.74, 6) is 0.0742. The van der Waals surface area contributed by atoms with Crippen LogP contribution in [0, 0.1) is 6.92 Å². The number of nitrogens with zero attached hydrogens (tertiary/aromatic N) is 5. The van der Waals surface area contributed by atoms with E-state index in [0.717, 1.165) is 12.4 Å². The predicted molar refractivity (Wildman–Crippen MR) is 120 cm³/mol. The summed E-state index contributed by atoms with van der Waals surface area (Å²) >= 11 is 0. The molecule has 192 valence electrons. The van der Waals surface area contributed by atoms with Crippen LogP contribution in [0.2, 0.25) is 0 Å². The normalized spacial score (nSPS) is 16.2. The molecule has 11 nitrogen and oxygen atoms in total. The van der Waals surface area contributed by atoms with Crippen LogP contribution in [0.25, 0.3) is 0 Å². The molecule has 14 heteroatoms. The lowest BCUT2D eigenvalue weighted by Crippen LogP contribution is -2.49. The van der Waals surface area contributed by atoms with E-state index in [1.807, 2.05) is 0 Å². The summed E-state index contributed by atoms with van der Waals surface area (Å²) < 4.78 is 43.6. The van der Waals surface area contributed by atoms with E-state index < -0.39 is 23.9 Å². The second-order valence-corrected chi connectivity index (χ2v) is 8.19. The van der Waals surface area contributed by atoms with Crippen molar-refractivity contribution in [3.63, 3.8) is 0 Å². The van der Waals surface area contributed by atoms with Crippen LogP contribution >= 0.6 is 0 Å². The number of aromatic nitrogens is 4. The second-order valence-electron chi connectivity index (χ2n) is 8.19. The highest BCUT2D eigenvalue weighted by Crippen LogP contribution is 2.28. The van der Waals surface area contributed by atoms with Gasteiger partial charge in [-0.15, -0.1) is 0 Å². The Kier molecular flexibility index (Phi) is 8.62. The van der Waals surface area contributed by atoms with E-state index in [4.69, 9.17) is 4.74 Å². The van der Waals surface area contributed by atoms with Gasteiger partial charge in [-0.2, -0.15) is 18.3 Å². The topological polar surface area (TPSA) is 137 Å². The van der Waals surface area contributed by atoms with Crippen molar-refractivity contribution in [3.05, 3.63) is 40.1 Å². The molecule has 35 heavy (non-hydrogen) atoms. The van der Waals surface area contributed by atoms with Crippen molar-refractivity contribution in [1.29, 1.82) is 0 Å². The third kappa shape index (κ3) is 7.11. The molecule has 3 rings (SSSR count). The van der Waals surface area contributed by atoms with Crippen molar-refractivity contribution in [3.8, 4) is 0 Å². The number of ether oxygens (including phenoxy) is 1. The van der Waals surface area contributed by atoms with Crippen LogP contribution in [0.1, 0.15) is 24.5 Å². The molecule has 2 atom stereocenters. The molecule has 1 aliphatic heterocycles. The van der Waals surface area contributed by atoms with Gasteiger partial charge in [0.1, 0.15) is 0 Å². The van der Waals surface area contributed by atoms with Crippen LogP contribution in [0.3, 0.4) is 0 Å². The molecule has 0 saturated carbocycles. The van der Waals surface area contributed by atoms with Crippen LogP contribution in [0.15, 0.2) is 23.4 Å². The van der Waals surface area contributed by atoms with Gasteiger partial charge in [-0.3, -0.25) is 9.59 Å². The van der Waals surface area contributed by atoms with Gasteiger partial charge in [0.15, 0.2) is 0 Å². The van der Waals surface area contributed by atoms with E-state index in [-0.39, 0.29) is 37.0 Å². The minimum atomic E-state index is -4.49. The van der Waals surface area contributed by atoms with Crippen molar-refractivity contribution < 1.29 is 27.8 Å². The Hall–Kier alpha value is -3.26. The Balaban J connectivity index is 1.41. The minimum Gasteiger partial charge on any atom is -0.391 e. The summed E-state index contributed by atoms with van der Waals surface area (Å²) in [5, 5.41) is 19.1. The summed E-state index contributed by atoms with van der Waals surface area (Å²) in [4.78, 5) is 35.2. The first kappa shape index (κ1) is 26.3. The zero-order valence-corrected chi connectivity index (χ0v) is 19.4. The summed E-state index contributed by atoms with van der Waals surface area (Å²) in [5.41, 5.74) is -0.334. The average molecular weight is 499 g/mol. The molecule has 0 aliphatic carbocycles. The second kappa shape index (κ2) is 11.4. The van der Waals surface area contributed by atoms with Gasteiger partial charge in [-0.05, 0) is 13.8 Å². The summed E-state index contributed by atoms with van der Waals surface area (Å²) in [6.45, 7) is 5.03. The quantitative estimate of drug-likeness (QED) is 0.428. The minimum absolute atomic E-state index is 0.107. The summed E-state index contributed by atoms with van der Waals surface area (Å²) in [7, 11) is 0. The first-order chi connectivity index (χ1) is 16.6. The first-order valence-electron chi connectivity index (χ1n) is 11.0. The molecule has 1 amide bonds. The summed E-state index contributed by atoms with van der Waals surface area (Å²) in [6, 6.07) is -0.514. The van der Waals surface area contributed by atoms with Crippen LogP contribution in [-0.2, 0) is 15.7 Å². The SMILES string of the molecule is Cc1c(N[C@H](COCCC(=O)N2CCN(c3ncc(C(F)(F)F)cn3)CC2)[C@@H](C)O)cn[nH]c1=O. The van der Waals surface area contributed by atoms with Crippen molar-refractivity contribution >= 4 is 17.5 Å². The molecule has 0 radical (unpaired) electrons. The molecule has 3 heterocycles. The number of aromatic amines is 1. The number of H-pyrrole nitrogens is 1. The van der Waals surface area contributed by atoms with Gasteiger partial charge in [-0.25, -0.2) is 15.1 Å². The number of aliphatic hydroxyl groups is 1. The van der Waals surface area contributed by atoms with Gasteiger partial charge < -0.3 is 25.0 Å². The molecule has 2 aromatic heterocycles. The zero-order valence-electron chi connectivity index (χ0n) is 19.4. The van der Waals surface area contributed by atoms with Crippen molar-refractivity contribution in [2.24, 2.45) is 0 Å². The Morgan fingerprint density at radius 1 is 1.23 bits per heavy atom. The van der Waals surface area contributed by atoms with Crippen molar-refractivity contribution in [2.75, 3.05) is 49.6 Å². The highest BCUT2D eigenvalue weighted by Gasteiger charge is 2.32. The van der Waals surface area contributed by atoms with Gasteiger partial charge in [0.25, 0.3) is 5.56 Å². The molecule has 0 unspecified atom stereocenters. The smallest absolute Gasteiger partial charge is 0.391 e. The van der Waals surface area contributed by atoms with Crippen LogP contribution in [-0.4, -0.2) is 87.6 Å². The Bertz CT molecular complexity index is 1040. The third-order valence-corrected chi connectivity index (χ3v) is 5.67. The standard InChI is InChI=1S/C21H28F3N7O4/c1-13-16(11-27-29-19(13)34)28-17(14(2)32)12-35-8-3-18(33)30-4-6-31(7-5-30)20-25-9-15(10-26-20)21(22,23)24/h9-11,14,17,32H,3-8,12H2,1-2H3,(H2,28,29,34)/t14-,17-/m1/s1. The van der Waals surface area contributed by atoms with E-state index >= 15 is 0 Å². The molecular formula is C21H28F3N7O4. The highest BCUT2D eigenvalue weighted by molar-refractivity contribution is 5.76. The van der Waals surface area contributed by atoms with Gasteiger partial charge in [-0.1, -0.05) is 0 Å². The maximum Gasteiger partial charge on any atom is 0.419 e. The fraction of sp³-hybridized carbons (Fsp3) is 0.571. The molecular weight excluding hydrogens is 471 g/mol. The fourth-order valence-corrected chi connectivity index (χ4v) is 3.42.